The quantitative estimate of drug-likeness (QED) is 0.0836. The van der Waals surface area contributed by atoms with E-state index in [1.54, 1.807) is 6.21 Å². The lowest BCUT2D eigenvalue weighted by molar-refractivity contribution is -0.129. The maximum Gasteiger partial charge on any atom is 0.242 e. The first-order chi connectivity index (χ1) is 20.1. The summed E-state index contributed by atoms with van der Waals surface area (Å²) in [5.41, 5.74) is 0.910. The smallest absolute Gasteiger partial charge is 0.242 e. The summed E-state index contributed by atoms with van der Waals surface area (Å²) in [4.78, 5) is 42.1. The van der Waals surface area contributed by atoms with Crippen molar-refractivity contribution in [3.8, 4) is 0 Å². The van der Waals surface area contributed by atoms with Gasteiger partial charge in [-0.2, -0.15) is 0 Å². The second kappa shape index (κ2) is 26.2. The molecule has 1 rings (SSSR count). The molecule has 0 aliphatic heterocycles. The van der Waals surface area contributed by atoms with Gasteiger partial charge in [0, 0.05) is 25.7 Å². The van der Waals surface area contributed by atoms with Gasteiger partial charge in [0.2, 0.25) is 17.7 Å². The van der Waals surface area contributed by atoms with Gasteiger partial charge in [0.05, 0.1) is 0 Å². The SMILES string of the molecule is CCCCCCCCCCNC(=O)CC[C@H](NC(=O)CN=Cc1ccccc1)C(=O)NCCCCCCCCCC. The van der Waals surface area contributed by atoms with Gasteiger partial charge in [0.25, 0.3) is 0 Å². The highest BCUT2D eigenvalue weighted by Crippen LogP contribution is 2.09. The normalized spacial score (nSPS) is 11.9. The molecule has 0 spiro atoms. The Kier molecular flexibility index (Phi) is 23.2. The topological polar surface area (TPSA) is 99.7 Å². The standard InChI is InChI=1S/C34H58N4O3/c1-3-5-7-9-11-13-15-20-26-36-32(39)25-24-31(34(41)37-27-21-16-14-12-10-8-6-4-2)38-33(40)29-35-28-30-22-18-17-19-23-30/h17-19,22-23,28,31H,3-16,20-21,24-27,29H2,1-2H3,(H,36,39)(H,37,41)(H,38,40)/t31-/m0/s1. The second-order valence-electron chi connectivity index (χ2n) is 11.1. The lowest BCUT2D eigenvalue weighted by atomic mass is 10.1. The van der Waals surface area contributed by atoms with Crippen LogP contribution in [0.1, 0.15) is 135 Å². The number of nitrogens with zero attached hydrogens (tertiary/aromatic N) is 1. The molecule has 232 valence electrons. The minimum atomic E-state index is -0.752. The molecule has 0 heterocycles. The van der Waals surface area contributed by atoms with Crippen LogP contribution in [0.5, 0.6) is 0 Å². The molecule has 1 atom stereocenters. The number of carbonyl (C=O) groups excluding carboxylic acids is 3. The van der Waals surface area contributed by atoms with Crippen molar-refractivity contribution in [3.63, 3.8) is 0 Å². The van der Waals surface area contributed by atoms with E-state index in [0.29, 0.717) is 13.1 Å². The van der Waals surface area contributed by atoms with Crippen molar-refractivity contribution in [2.45, 2.75) is 135 Å². The van der Waals surface area contributed by atoms with Gasteiger partial charge in [-0.25, -0.2) is 0 Å². The van der Waals surface area contributed by atoms with Crippen molar-refractivity contribution < 1.29 is 14.4 Å². The maximum atomic E-state index is 12.9. The molecule has 0 saturated heterocycles. The van der Waals surface area contributed by atoms with Crippen LogP contribution < -0.4 is 16.0 Å². The fourth-order valence-electron chi connectivity index (χ4n) is 4.73. The predicted octanol–water partition coefficient (Wildman–Crippen LogP) is 6.88. The first kappa shape index (κ1) is 36.3. The minimum Gasteiger partial charge on any atom is -0.356 e. The Morgan fingerprint density at radius 2 is 1.20 bits per heavy atom. The highest BCUT2D eigenvalue weighted by molar-refractivity contribution is 5.90. The Bertz CT molecular complexity index is 829. The number of hydrogen-bond acceptors (Lipinski definition) is 4. The van der Waals surface area contributed by atoms with E-state index >= 15 is 0 Å². The number of aliphatic imine (C=N–C) groups is 1. The highest BCUT2D eigenvalue weighted by Gasteiger charge is 2.21. The van der Waals surface area contributed by atoms with Gasteiger partial charge >= 0.3 is 0 Å². The molecule has 41 heavy (non-hydrogen) atoms. The summed E-state index contributed by atoms with van der Waals surface area (Å²) < 4.78 is 0. The fraction of sp³-hybridized carbons (Fsp3) is 0.706. The van der Waals surface area contributed by atoms with Crippen molar-refractivity contribution in [2.75, 3.05) is 19.6 Å². The third-order valence-electron chi connectivity index (χ3n) is 7.27. The summed E-state index contributed by atoms with van der Waals surface area (Å²) in [7, 11) is 0. The molecular formula is C34H58N4O3. The van der Waals surface area contributed by atoms with E-state index in [1.807, 2.05) is 30.3 Å². The molecule has 7 heteroatoms. The molecule has 1 aromatic rings. The van der Waals surface area contributed by atoms with Crippen molar-refractivity contribution in [3.05, 3.63) is 35.9 Å². The van der Waals surface area contributed by atoms with E-state index in [0.717, 1.165) is 31.2 Å². The molecular weight excluding hydrogens is 512 g/mol. The van der Waals surface area contributed by atoms with E-state index in [2.05, 4.69) is 34.8 Å². The lowest BCUT2D eigenvalue weighted by Crippen LogP contribution is -2.48. The molecule has 1 aromatic carbocycles. The van der Waals surface area contributed by atoms with Crippen LogP contribution in [0, 0.1) is 0 Å². The Hall–Kier alpha value is -2.70. The Morgan fingerprint density at radius 3 is 1.76 bits per heavy atom. The van der Waals surface area contributed by atoms with Gasteiger partial charge in [-0.3, -0.25) is 19.4 Å². The van der Waals surface area contributed by atoms with Crippen LogP contribution in [0.4, 0.5) is 0 Å². The van der Waals surface area contributed by atoms with Crippen molar-refractivity contribution >= 4 is 23.9 Å². The zero-order valence-electron chi connectivity index (χ0n) is 26.1. The van der Waals surface area contributed by atoms with E-state index in [-0.39, 0.29) is 37.1 Å². The second-order valence-corrected chi connectivity index (χ2v) is 11.1. The average Bonchev–Trinajstić information content (AvgIpc) is 2.98. The Labute approximate surface area is 250 Å². The first-order valence-corrected chi connectivity index (χ1v) is 16.5. The average molecular weight is 571 g/mol. The number of unbranched alkanes of at least 4 members (excludes halogenated alkanes) is 14. The van der Waals surface area contributed by atoms with E-state index in [1.165, 1.54) is 77.0 Å². The molecule has 0 saturated carbocycles. The Balaban J connectivity index is 2.41. The van der Waals surface area contributed by atoms with Gasteiger partial charge in [-0.05, 0) is 24.8 Å². The molecule has 0 fully saturated rings. The molecule has 0 radical (unpaired) electrons. The summed E-state index contributed by atoms with van der Waals surface area (Å²) in [5.74, 6) is -0.641. The molecule has 7 nitrogen and oxygen atoms in total. The number of nitrogens with one attached hydrogen (secondary N) is 3. The predicted molar refractivity (Wildman–Crippen MR) is 171 cm³/mol. The van der Waals surface area contributed by atoms with Crippen molar-refractivity contribution in [1.82, 2.24) is 16.0 Å². The molecule has 3 N–H and O–H groups in total. The summed E-state index contributed by atoms with van der Waals surface area (Å²) in [5, 5.41) is 8.74. The van der Waals surface area contributed by atoms with Crippen LogP contribution in [-0.4, -0.2) is 49.6 Å². The molecule has 0 aromatic heterocycles. The zero-order chi connectivity index (χ0) is 29.8. The third kappa shape index (κ3) is 21.7. The molecule has 0 unspecified atom stereocenters. The number of benzene rings is 1. The summed E-state index contributed by atoms with van der Waals surface area (Å²) in [6.07, 6.45) is 21.4. The van der Waals surface area contributed by atoms with Crippen LogP contribution in [0.25, 0.3) is 0 Å². The van der Waals surface area contributed by atoms with Gasteiger partial charge in [-0.1, -0.05) is 134 Å². The van der Waals surface area contributed by atoms with Crippen LogP contribution in [0.3, 0.4) is 0 Å². The molecule has 3 amide bonds. The van der Waals surface area contributed by atoms with Gasteiger partial charge in [-0.15, -0.1) is 0 Å². The molecule has 0 bridgehead atoms. The van der Waals surface area contributed by atoms with E-state index < -0.39 is 6.04 Å². The van der Waals surface area contributed by atoms with Crippen molar-refractivity contribution in [2.24, 2.45) is 4.99 Å². The van der Waals surface area contributed by atoms with Gasteiger partial charge in [0.15, 0.2) is 0 Å². The fourth-order valence-corrected chi connectivity index (χ4v) is 4.73. The molecule has 0 aliphatic rings. The number of amides is 3. The highest BCUT2D eigenvalue weighted by atomic mass is 16.2. The summed E-state index contributed by atoms with van der Waals surface area (Å²) in [6.45, 7) is 5.62. The number of rotatable bonds is 26. The monoisotopic (exact) mass is 570 g/mol. The number of carbonyl (C=O) groups is 3. The van der Waals surface area contributed by atoms with Gasteiger partial charge in [0.1, 0.15) is 12.6 Å². The lowest BCUT2D eigenvalue weighted by Gasteiger charge is -2.18. The maximum absolute atomic E-state index is 12.9. The summed E-state index contributed by atoms with van der Waals surface area (Å²) >= 11 is 0. The summed E-state index contributed by atoms with van der Waals surface area (Å²) in [6, 6.07) is 8.82. The van der Waals surface area contributed by atoms with Gasteiger partial charge < -0.3 is 16.0 Å². The Morgan fingerprint density at radius 1 is 0.683 bits per heavy atom. The van der Waals surface area contributed by atoms with Crippen LogP contribution >= 0.6 is 0 Å². The molecule has 0 aliphatic carbocycles. The van der Waals surface area contributed by atoms with E-state index in [4.69, 9.17) is 0 Å². The first-order valence-electron chi connectivity index (χ1n) is 16.5. The number of hydrogen-bond donors (Lipinski definition) is 3. The van der Waals surface area contributed by atoms with Crippen LogP contribution in [-0.2, 0) is 14.4 Å². The zero-order valence-corrected chi connectivity index (χ0v) is 26.1. The van der Waals surface area contributed by atoms with E-state index in [9.17, 15) is 14.4 Å². The largest absolute Gasteiger partial charge is 0.356 e. The van der Waals surface area contributed by atoms with Crippen LogP contribution in [0.15, 0.2) is 35.3 Å². The van der Waals surface area contributed by atoms with Crippen molar-refractivity contribution in [1.29, 1.82) is 0 Å². The third-order valence-corrected chi connectivity index (χ3v) is 7.27. The van der Waals surface area contributed by atoms with Crippen LogP contribution in [0.2, 0.25) is 0 Å². The minimum absolute atomic E-state index is 0.0681.